The number of ether oxygens (including phenoxy) is 1. The Kier molecular flexibility index (Phi) is 1.69. The van der Waals surface area contributed by atoms with Crippen molar-refractivity contribution in [2.45, 2.75) is 25.7 Å². The Morgan fingerprint density at radius 2 is 2.20 bits per heavy atom. The van der Waals surface area contributed by atoms with Gasteiger partial charge in [-0.05, 0) is 37.0 Å². The Balaban J connectivity index is 1.90. The summed E-state index contributed by atoms with van der Waals surface area (Å²) in [5.74, 6) is 3.03. The van der Waals surface area contributed by atoms with Gasteiger partial charge in [0.1, 0.15) is 0 Å². The van der Waals surface area contributed by atoms with Gasteiger partial charge < -0.3 is 4.74 Å². The second-order valence-electron chi connectivity index (χ2n) is 3.89. The summed E-state index contributed by atoms with van der Waals surface area (Å²) in [6, 6.07) is 0. The van der Waals surface area contributed by atoms with E-state index in [2.05, 4.69) is 0 Å². The van der Waals surface area contributed by atoms with Crippen LogP contribution in [0.2, 0.25) is 0 Å². The number of hydrogen-bond donors (Lipinski definition) is 0. The van der Waals surface area contributed by atoms with E-state index in [-0.39, 0.29) is 0 Å². The van der Waals surface area contributed by atoms with Crippen molar-refractivity contribution in [3.63, 3.8) is 0 Å². The zero-order valence-electron chi connectivity index (χ0n) is 6.68. The Morgan fingerprint density at radius 1 is 1.30 bits per heavy atom. The standard InChI is InChI=1S/C9H16O/c1-10-6-9-5-7-2-3-8(9)4-7/h7-9H,2-6H2,1H3/t7-,8+,9-/m1/s1. The molecular weight excluding hydrogens is 124 g/mol. The molecule has 2 bridgehead atoms. The highest BCUT2D eigenvalue weighted by molar-refractivity contribution is 4.89. The molecule has 2 saturated carbocycles. The molecule has 58 valence electrons. The SMILES string of the molecule is COC[C@H]1C[C@@H]2CC[C@H]1C2. The Hall–Kier alpha value is -0.0400. The average molecular weight is 140 g/mol. The van der Waals surface area contributed by atoms with E-state index in [9.17, 15) is 0 Å². The minimum atomic E-state index is 0.920. The molecule has 2 aliphatic rings. The molecule has 0 aromatic rings. The quantitative estimate of drug-likeness (QED) is 0.570. The van der Waals surface area contributed by atoms with Crippen LogP contribution in [0.3, 0.4) is 0 Å². The smallest absolute Gasteiger partial charge is 0.0493 e. The van der Waals surface area contributed by atoms with Gasteiger partial charge in [0.25, 0.3) is 0 Å². The van der Waals surface area contributed by atoms with Crippen molar-refractivity contribution < 1.29 is 4.74 Å². The minimum absolute atomic E-state index is 0.920. The molecule has 0 radical (unpaired) electrons. The van der Waals surface area contributed by atoms with Crippen molar-refractivity contribution >= 4 is 0 Å². The molecule has 0 spiro atoms. The van der Waals surface area contributed by atoms with E-state index in [1.165, 1.54) is 25.7 Å². The number of hydrogen-bond acceptors (Lipinski definition) is 1. The Labute approximate surface area is 62.8 Å². The fourth-order valence-electron chi connectivity index (χ4n) is 2.79. The molecule has 1 nitrogen and oxygen atoms in total. The molecule has 2 rings (SSSR count). The maximum Gasteiger partial charge on any atom is 0.0493 e. The first kappa shape index (κ1) is 6.66. The van der Waals surface area contributed by atoms with Crippen molar-refractivity contribution in [2.75, 3.05) is 13.7 Å². The minimum Gasteiger partial charge on any atom is -0.384 e. The second kappa shape index (κ2) is 2.54. The Morgan fingerprint density at radius 3 is 2.70 bits per heavy atom. The summed E-state index contributed by atoms with van der Waals surface area (Å²) < 4.78 is 5.18. The fourth-order valence-corrected chi connectivity index (χ4v) is 2.79. The van der Waals surface area contributed by atoms with Crippen LogP contribution in [-0.2, 0) is 4.74 Å². The van der Waals surface area contributed by atoms with Gasteiger partial charge in [-0.1, -0.05) is 6.42 Å². The lowest BCUT2D eigenvalue weighted by Gasteiger charge is -2.19. The van der Waals surface area contributed by atoms with Crippen LogP contribution in [0, 0.1) is 17.8 Å². The topological polar surface area (TPSA) is 9.23 Å². The van der Waals surface area contributed by atoms with Gasteiger partial charge in [-0.25, -0.2) is 0 Å². The first-order valence-corrected chi connectivity index (χ1v) is 4.39. The van der Waals surface area contributed by atoms with E-state index < -0.39 is 0 Å². The Bertz CT molecular complexity index is 122. The maximum atomic E-state index is 5.18. The van der Waals surface area contributed by atoms with E-state index in [1.54, 1.807) is 0 Å². The van der Waals surface area contributed by atoms with Gasteiger partial charge >= 0.3 is 0 Å². The van der Waals surface area contributed by atoms with Gasteiger partial charge in [-0.3, -0.25) is 0 Å². The predicted molar refractivity (Wildman–Crippen MR) is 40.8 cm³/mol. The fraction of sp³-hybridized carbons (Fsp3) is 1.00. The van der Waals surface area contributed by atoms with Crippen LogP contribution in [0.15, 0.2) is 0 Å². The van der Waals surface area contributed by atoms with E-state index in [0.29, 0.717) is 0 Å². The summed E-state index contributed by atoms with van der Waals surface area (Å²) in [5.41, 5.74) is 0. The maximum absolute atomic E-state index is 5.18. The van der Waals surface area contributed by atoms with Gasteiger partial charge in [0.2, 0.25) is 0 Å². The van der Waals surface area contributed by atoms with Crippen LogP contribution in [0.4, 0.5) is 0 Å². The molecule has 2 fully saturated rings. The van der Waals surface area contributed by atoms with Crippen molar-refractivity contribution in [1.82, 2.24) is 0 Å². The zero-order chi connectivity index (χ0) is 6.97. The lowest BCUT2D eigenvalue weighted by Crippen LogP contribution is -2.15. The summed E-state index contributed by atoms with van der Waals surface area (Å²) in [6.45, 7) is 1.02. The third kappa shape index (κ3) is 0.968. The number of rotatable bonds is 2. The van der Waals surface area contributed by atoms with E-state index in [4.69, 9.17) is 4.74 Å². The normalized spacial score (nSPS) is 44.7. The van der Waals surface area contributed by atoms with Crippen LogP contribution < -0.4 is 0 Å². The van der Waals surface area contributed by atoms with Crippen molar-refractivity contribution in [3.05, 3.63) is 0 Å². The van der Waals surface area contributed by atoms with Crippen LogP contribution >= 0.6 is 0 Å². The van der Waals surface area contributed by atoms with Gasteiger partial charge in [-0.15, -0.1) is 0 Å². The molecule has 0 N–H and O–H groups in total. The molecule has 0 aliphatic heterocycles. The zero-order valence-corrected chi connectivity index (χ0v) is 6.68. The first-order chi connectivity index (χ1) is 4.90. The molecule has 3 atom stereocenters. The lowest BCUT2D eigenvalue weighted by molar-refractivity contribution is 0.122. The molecule has 0 aromatic heterocycles. The summed E-state index contributed by atoms with van der Waals surface area (Å²) >= 11 is 0. The monoisotopic (exact) mass is 140 g/mol. The van der Waals surface area contributed by atoms with Gasteiger partial charge in [0.15, 0.2) is 0 Å². The third-order valence-electron chi connectivity index (χ3n) is 3.27. The summed E-state index contributed by atoms with van der Waals surface area (Å²) in [7, 11) is 1.83. The molecule has 1 heteroatoms. The second-order valence-corrected chi connectivity index (χ2v) is 3.89. The van der Waals surface area contributed by atoms with Gasteiger partial charge in [0.05, 0.1) is 0 Å². The molecule has 2 aliphatic carbocycles. The van der Waals surface area contributed by atoms with Crippen molar-refractivity contribution in [1.29, 1.82) is 0 Å². The van der Waals surface area contributed by atoms with Crippen LogP contribution in [-0.4, -0.2) is 13.7 Å². The predicted octanol–water partition coefficient (Wildman–Crippen LogP) is 2.07. The van der Waals surface area contributed by atoms with Crippen LogP contribution in [0.5, 0.6) is 0 Å². The molecule has 0 amide bonds. The molecule has 0 aromatic carbocycles. The molecule has 0 saturated heterocycles. The van der Waals surface area contributed by atoms with Crippen molar-refractivity contribution in [3.8, 4) is 0 Å². The molecule has 0 unspecified atom stereocenters. The van der Waals surface area contributed by atoms with Crippen molar-refractivity contribution in [2.24, 2.45) is 17.8 Å². The van der Waals surface area contributed by atoms with E-state index in [1.807, 2.05) is 7.11 Å². The third-order valence-corrected chi connectivity index (χ3v) is 3.27. The lowest BCUT2D eigenvalue weighted by atomic mass is 9.90. The summed E-state index contributed by atoms with van der Waals surface area (Å²) in [5, 5.41) is 0. The highest BCUT2D eigenvalue weighted by Crippen LogP contribution is 2.48. The van der Waals surface area contributed by atoms with Crippen LogP contribution in [0.25, 0.3) is 0 Å². The first-order valence-electron chi connectivity index (χ1n) is 4.39. The van der Waals surface area contributed by atoms with Gasteiger partial charge in [0, 0.05) is 13.7 Å². The van der Waals surface area contributed by atoms with Gasteiger partial charge in [-0.2, -0.15) is 0 Å². The largest absolute Gasteiger partial charge is 0.384 e. The summed E-state index contributed by atoms with van der Waals surface area (Å²) in [4.78, 5) is 0. The summed E-state index contributed by atoms with van der Waals surface area (Å²) in [6.07, 6.45) is 5.95. The molecular formula is C9H16O. The average Bonchev–Trinajstić information content (AvgIpc) is 2.48. The number of methoxy groups -OCH3 is 1. The van der Waals surface area contributed by atoms with Crippen LogP contribution in [0.1, 0.15) is 25.7 Å². The highest BCUT2D eigenvalue weighted by atomic mass is 16.5. The number of fused-ring (bicyclic) bond motifs is 2. The van der Waals surface area contributed by atoms with E-state index in [0.717, 1.165) is 24.4 Å². The van der Waals surface area contributed by atoms with E-state index >= 15 is 0 Å². The molecule has 0 heterocycles. The molecule has 10 heavy (non-hydrogen) atoms. The highest BCUT2D eigenvalue weighted by Gasteiger charge is 2.38.